The Morgan fingerprint density at radius 1 is 0.750 bits per heavy atom. The maximum atomic E-state index is 12.6. The third kappa shape index (κ3) is 8.58. The van der Waals surface area contributed by atoms with E-state index in [2.05, 4.69) is 10.6 Å². The van der Waals surface area contributed by atoms with Gasteiger partial charge in [0, 0.05) is 18.9 Å². The summed E-state index contributed by atoms with van der Waals surface area (Å²) in [5.41, 5.74) is 2.56. The van der Waals surface area contributed by atoms with Crippen molar-refractivity contribution in [3.8, 4) is 0 Å². The average Bonchev–Trinajstić information content (AvgIpc) is 2.91. The number of unbranched alkanes of at least 4 members (excludes halogenated alkanes) is 2. The molecule has 188 valence electrons. The summed E-state index contributed by atoms with van der Waals surface area (Å²) in [6.45, 7) is 0.654. The van der Waals surface area contributed by atoms with Gasteiger partial charge >= 0.3 is 12.1 Å². The highest BCUT2D eigenvalue weighted by Gasteiger charge is 2.32. The molecule has 2 amide bonds. The Hall–Kier alpha value is -4.13. The van der Waals surface area contributed by atoms with Crippen molar-refractivity contribution in [1.29, 1.82) is 0 Å². The minimum atomic E-state index is -1.09. The molecular formula is C29H32N2O5. The maximum absolute atomic E-state index is 12.6. The summed E-state index contributed by atoms with van der Waals surface area (Å²) in [6, 6.07) is 27.0. The zero-order chi connectivity index (χ0) is 25.6. The Morgan fingerprint density at radius 3 is 1.86 bits per heavy atom. The van der Waals surface area contributed by atoms with Crippen LogP contribution in [0.1, 0.15) is 48.3 Å². The third-order valence-corrected chi connectivity index (χ3v) is 5.80. The Labute approximate surface area is 211 Å². The smallest absolute Gasteiger partial charge is 0.407 e. The Balaban J connectivity index is 1.43. The van der Waals surface area contributed by atoms with E-state index >= 15 is 0 Å². The number of nitrogens with one attached hydrogen (secondary N) is 2. The normalized spacial score (nSPS) is 11.5. The molecule has 1 atom stereocenters. The van der Waals surface area contributed by atoms with Crippen molar-refractivity contribution in [2.45, 2.75) is 44.2 Å². The molecular weight excluding hydrogens is 456 g/mol. The van der Waals surface area contributed by atoms with Gasteiger partial charge in [-0.25, -0.2) is 9.59 Å². The first-order valence-corrected chi connectivity index (χ1v) is 12.1. The van der Waals surface area contributed by atoms with Crippen LogP contribution in [0.2, 0.25) is 0 Å². The fraction of sp³-hybridized carbons (Fsp3) is 0.276. The summed E-state index contributed by atoms with van der Waals surface area (Å²) in [5, 5.41) is 15.4. The zero-order valence-corrected chi connectivity index (χ0v) is 20.1. The van der Waals surface area contributed by atoms with Crippen LogP contribution < -0.4 is 10.6 Å². The van der Waals surface area contributed by atoms with Gasteiger partial charge in [-0.15, -0.1) is 0 Å². The summed E-state index contributed by atoms with van der Waals surface area (Å²) in [7, 11) is 0. The van der Waals surface area contributed by atoms with Crippen LogP contribution in [-0.2, 0) is 20.9 Å². The van der Waals surface area contributed by atoms with Crippen molar-refractivity contribution in [3.63, 3.8) is 0 Å². The molecule has 0 aliphatic carbocycles. The van der Waals surface area contributed by atoms with Gasteiger partial charge in [-0.2, -0.15) is 0 Å². The number of benzene rings is 3. The number of alkyl carbamates (subject to hydrolysis) is 1. The molecule has 0 aliphatic heterocycles. The highest BCUT2D eigenvalue weighted by Crippen LogP contribution is 2.28. The van der Waals surface area contributed by atoms with Gasteiger partial charge in [-0.3, -0.25) is 4.79 Å². The van der Waals surface area contributed by atoms with Crippen molar-refractivity contribution in [2.75, 3.05) is 6.54 Å². The first-order chi connectivity index (χ1) is 17.5. The molecule has 0 aromatic heterocycles. The number of carbonyl (C=O) groups excluding carboxylic acids is 2. The minimum absolute atomic E-state index is 0.207. The molecule has 0 fully saturated rings. The van der Waals surface area contributed by atoms with Gasteiger partial charge in [-0.1, -0.05) is 97.4 Å². The second kappa shape index (κ2) is 14.3. The quantitative estimate of drug-likeness (QED) is 0.298. The number of hydrogen-bond acceptors (Lipinski definition) is 4. The molecule has 0 unspecified atom stereocenters. The molecule has 0 aliphatic rings. The van der Waals surface area contributed by atoms with E-state index in [1.807, 2.05) is 91.0 Å². The predicted molar refractivity (Wildman–Crippen MR) is 137 cm³/mol. The molecule has 7 nitrogen and oxygen atoms in total. The maximum Gasteiger partial charge on any atom is 0.407 e. The van der Waals surface area contributed by atoms with Gasteiger partial charge in [0.05, 0.1) is 0 Å². The molecule has 3 rings (SSSR count). The van der Waals surface area contributed by atoms with Crippen LogP contribution >= 0.6 is 0 Å². The molecule has 0 radical (unpaired) electrons. The molecule has 0 bridgehead atoms. The first-order valence-electron chi connectivity index (χ1n) is 12.1. The molecule has 3 N–H and O–H groups in total. The topological polar surface area (TPSA) is 105 Å². The molecule has 0 heterocycles. The number of carboxylic acids is 1. The van der Waals surface area contributed by atoms with Crippen LogP contribution in [0.25, 0.3) is 0 Å². The number of carboxylic acid groups (broad SMARTS) is 1. The molecule has 0 spiro atoms. The Bertz CT molecular complexity index is 1050. The lowest BCUT2D eigenvalue weighted by Crippen LogP contribution is -2.45. The predicted octanol–water partition coefficient (Wildman–Crippen LogP) is 4.87. The van der Waals surface area contributed by atoms with E-state index < -0.39 is 24.0 Å². The molecule has 36 heavy (non-hydrogen) atoms. The lowest BCUT2D eigenvalue weighted by molar-refractivity contribution is -0.142. The number of rotatable bonds is 13. The van der Waals surface area contributed by atoms with E-state index in [9.17, 15) is 19.5 Å². The van der Waals surface area contributed by atoms with Gasteiger partial charge in [0.15, 0.2) is 0 Å². The average molecular weight is 489 g/mol. The standard InChI is InChI=1S/C29H32N2O5/c32-25(19-11-4-12-20-30-29(35)36-21-22-13-5-1-6-14-22)31-27(28(33)34)26(23-15-7-2-8-16-23)24-17-9-3-10-18-24/h1-3,5-10,13-18,26-27H,4,11-12,19-21H2,(H,30,35)(H,31,32)(H,33,34)/t27-/m1/s1. The largest absolute Gasteiger partial charge is 0.480 e. The van der Waals surface area contributed by atoms with Gasteiger partial charge in [0.2, 0.25) is 5.91 Å². The number of hydrogen-bond donors (Lipinski definition) is 3. The number of carbonyl (C=O) groups is 3. The second-order valence-electron chi connectivity index (χ2n) is 8.48. The second-order valence-corrected chi connectivity index (χ2v) is 8.48. The summed E-state index contributed by atoms with van der Waals surface area (Å²) in [5.74, 6) is -1.91. The molecule has 0 saturated carbocycles. The van der Waals surface area contributed by atoms with E-state index in [0.717, 1.165) is 16.7 Å². The summed E-state index contributed by atoms with van der Waals surface area (Å²) in [6.07, 6.45) is 1.71. The van der Waals surface area contributed by atoms with Crippen molar-refractivity contribution < 1.29 is 24.2 Å². The Morgan fingerprint density at radius 2 is 1.31 bits per heavy atom. The molecule has 0 saturated heterocycles. The molecule has 3 aromatic rings. The van der Waals surface area contributed by atoms with E-state index in [1.165, 1.54) is 0 Å². The summed E-state index contributed by atoms with van der Waals surface area (Å²) >= 11 is 0. The van der Waals surface area contributed by atoms with Crippen molar-refractivity contribution in [2.24, 2.45) is 0 Å². The number of amides is 2. The fourth-order valence-corrected chi connectivity index (χ4v) is 3.98. The number of ether oxygens (including phenoxy) is 1. The van der Waals surface area contributed by atoms with Crippen LogP contribution in [0.3, 0.4) is 0 Å². The fourth-order valence-electron chi connectivity index (χ4n) is 3.98. The lowest BCUT2D eigenvalue weighted by atomic mass is 9.85. The lowest BCUT2D eigenvalue weighted by Gasteiger charge is -2.26. The van der Waals surface area contributed by atoms with Gasteiger partial charge < -0.3 is 20.5 Å². The van der Waals surface area contributed by atoms with Crippen molar-refractivity contribution in [1.82, 2.24) is 10.6 Å². The van der Waals surface area contributed by atoms with Crippen LogP contribution in [-0.4, -0.2) is 35.7 Å². The van der Waals surface area contributed by atoms with Gasteiger partial charge in [0.25, 0.3) is 0 Å². The summed E-state index contributed by atoms with van der Waals surface area (Å²) < 4.78 is 5.16. The zero-order valence-electron chi connectivity index (χ0n) is 20.1. The van der Waals surface area contributed by atoms with Crippen molar-refractivity contribution in [3.05, 3.63) is 108 Å². The van der Waals surface area contributed by atoms with Crippen LogP contribution in [0.4, 0.5) is 4.79 Å². The van der Waals surface area contributed by atoms with Crippen molar-refractivity contribution >= 4 is 18.0 Å². The van der Waals surface area contributed by atoms with Gasteiger partial charge in [-0.05, 0) is 29.5 Å². The van der Waals surface area contributed by atoms with E-state index in [-0.39, 0.29) is 18.9 Å². The minimum Gasteiger partial charge on any atom is -0.480 e. The monoisotopic (exact) mass is 488 g/mol. The third-order valence-electron chi connectivity index (χ3n) is 5.80. The Kier molecular flexibility index (Phi) is 10.5. The molecule has 7 heteroatoms. The van der Waals surface area contributed by atoms with Crippen LogP contribution in [0, 0.1) is 0 Å². The van der Waals surface area contributed by atoms with Crippen LogP contribution in [0.5, 0.6) is 0 Å². The SMILES string of the molecule is O=C(CCCCCNC(=O)OCc1ccccc1)N[C@@H](C(=O)O)C(c1ccccc1)c1ccccc1. The van der Waals surface area contributed by atoms with Crippen LogP contribution in [0.15, 0.2) is 91.0 Å². The first kappa shape index (κ1) is 26.5. The highest BCUT2D eigenvalue weighted by atomic mass is 16.5. The highest BCUT2D eigenvalue weighted by molar-refractivity contribution is 5.85. The van der Waals surface area contributed by atoms with E-state index in [1.54, 1.807) is 0 Å². The van der Waals surface area contributed by atoms with Gasteiger partial charge in [0.1, 0.15) is 12.6 Å². The molecule has 3 aromatic carbocycles. The van der Waals surface area contributed by atoms with E-state index in [0.29, 0.717) is 25.8 Å². The van der Waals surface area contributed by atoms with E-state index in [4.69, 9.17) is 4.74 Å². The summed E-state index contributed by atoms with van der Waals surface area (Å²) in [4.78, 5) is 36.6. The number of aliphatic carboxylic acids is 1.